The van der Waals surface area contributed by atoms with E-state index in [1.807, 2.05) is 0 Å². The van der Waals surface area contributed by atoms with Gasteiger partial charge in [0.2, 0.25) is 0 Å². The maximum Gasteiger partial charge on any atom is 0.416 e. The predicted octanol–water partition coefficient (Wildman–Crippen LogP) is 5.80. The number of nitriles is 1. The molecule has 134 valence electrons. The lowest BCUT2D eigenvalue weighted by atomic mass is 10.2. The highest BCUT2D eigenvalue weighted by Gasteiger charge is 2.34. The van der Waals surface area contributed by atoms with Crippen molar-refractivity contribution in [1.82, 2.24) is 9.78 Å². The summed E-state index contributed by atoms with van der Waals surface area (Å²) in [6.07, 6.45) is -4.68. The summed E-state index contributed by atoms with van der Waals surface area (Å²) >= 11 is 22.4. The summed E-state index contributed by atoms with van der Waals surface area (Å²) in [5.41, 5.74) is 4.12. The number of hydrogen-bond acceptors (Lipinski definition) is 4. The van der Waals surface area contributed by atoms with Crippen LogP contribution in [0.15, 0.2) is 17.0 Å². The van der Waals surface area contributed by atoms with E-state index in [2.05, 4.69) is 5.10 Å². The maximum atomic E-state index is 13.4. The molecule has 0 saturated carbocycles. The highest BCUT2D eigenvalue weighted by atomic mass is 35.5. The lowest BCUT2D eigenvalue weighted by molar-refractivity contribution is -0.137. The van der Waals surface area contributed by atoms with Crippen LogP contribution in [-0.2, 0) is 6.18 Å². The summed E-state index contributed by atoms with van der Waals surface area (Å²) in [4.78, 5) is -0.220. The fourth-order valence-corrected chi connectivity index (χ4v) is 3.52. The van der Waals surface area contributed by atoms with Gasteiger partial charge in [-0.1, -0.05) is 46.4 Å². The van der Waals surface area contributed by atoms with Crippen LogP contribution in [0.2, 0.25) is 10.0 Å². The van der Waals surface area contributed by atoms with Gasteiger partial charge in [-0.2, -0.15) is 27.9 Å². The Bertz CT molecular complexity index is 847. The number of halogens is 8. The Balaban J connectivity index is 2.66. The van der Waals surface area contributed by atoms with Gasteiger partial charge in [-0.25, -0.2) is 4.68 Å². The van der Waals surface area contributed by atoms with Crippen LogP contribution in [0.4, 0.5) is 23.4 Å². The van der Waals surface area contributed by atoms with Crippen LogP contribution >= 0.6 is 58.2 Å². The maximum absolute atomic E-state index is 13.4. The summed E-state index contributed by atoms with van der Waals surface area (Å²) in [5, 5.41) is 12.0. The number of benzene rings is 1. The molecule has 0 atom stereocenters. The summed E-state index contributed by atoms with van der Waals surface area (Å²) in [6.45, 7) is 0. The zero-order valence-corrected chi connectivity index (χ0v) is 15.3. The monoisotopic (exact) mass is 452 g/mol. The van der Waals surface area contributed by atoms with E-state index >= 15 is 0 Å². The molecule has 4 nitrogen and oxygen atoms in total. The molecule has 1 heterocycles. The molecule has 2 N–H and O–H groups in total. The van der Waals surface area contributed by atoms with Crippen LogP contribution < -0.4 is 5.73 Å². The smallest absolute Gasteiger partial charge is 0.383 e. The zero-order chi connectivity index (χ0) is 19.2. The Morgan fingerprint density at radius 2 is 1.68 bits per heavy atom. The average molecular weight is 454 g/mol. The number of anilines is 1. The highest BCUT2D eigenvalue weighted by Crippen LogP contribution is 2.46. The van der Waals surface area contributed by atoms with E-state index in [1.165, 1.54) is 0 Å². The van der Waals surface area contributed by atoms with Crippen molar-refractivity contribution in [3.8, 4) is 11.8 Å². The molecule has 0 saturated heterocycles. The van der Waals surface area contributed by atoms with Crippen molar-refractivity contribution in [2.45, 2.75) is 15.0 Å². The highest BCUT2D eigenvalue weighted by molar-refractivity contribution is 8.03. The number of rotatable bonds is 3. The number of aromatic nitrogens is 2. The molecule has 0 fully saturated rings. The van der Waals surface area contributed by atoms with E-state index in [0.29, 0.717) is 12.1 Å². The third-order valence-corrected chi connectivity index (χ3v) is 4.63. The minimum atomic E-state index is -4.68. The summed E-state index contributed by atoms with van der Waals surface area (Å²) in [5.74, 6) is -0.326. The second kappa shape index (κ2) is 6.93. The lowest BCUT2D eigenvalue weighted by Gasteiger charge is -2.13. The molecule has 25 heavy (non-hydrogen) atoms. The fraction of sp³-hybridized carbons (Fsp3) is 0.167. The first-order valence-electron chi connectivity index (χ1n) is 5.96. The molecular formula is C12H4Cl4F4N4S. The largest absolute Gasteiger partial charge is 0.416 e. The first-order chi connectivity index (χ1) is 11.3. The van der Waals surface area contributed by atoms with Crippen LogP contribution in [0.1, 0.15) is 11.3 Å². The molecule has 1 aromatic heterocycles. The Labute approximate surface area is 162 Å². The molecule has 0 aliphatic rings. The molecule has 0 aliphatic carbocycles. The van der Waals surface area contributed by atoms with Gasteiger partial charge in [-0.3, -0.25) is 0 Å². The van der Waals surface area contributed by atoms with Gasteiger partial charge in [0.05, 0.1) is 20.5 Å². The third-order valence-electron chi connectivity index (χ3n) is 2.76. The second-order valence-corrected chi connectivity index (χ2v) is 8.09. The molecule has 1 aromatic carbocycles. The van der Waals surface area contributed by atoms with E-state index < -0.39 is 25.7 Å². The number of thioether (sulfide) groups is 1. The molecule has 13 heteroatoms. The Morgan fingerprint density at radius 1 is 1.16 bits per heavy atom. The Hall–Kier alpha value is -1.05. The molecule has 0 bridgehead atoms. The number of nitrogens with two attached hydrogens (primary N) is 1. The topological polar surface area (TPSA) is 67.6 Å². The Kier molecular flexibility index (Phi) is 5.62. The molecule has 0 spiro atoms. The van der Waals surface area contributed by atoms with E-state index in [1.54, 1.807) is 6.07 Å². The lowest BCUT2D eigenvalue weighted by Crippen LogP contribution is -2.08. The van der Waals surface area contributed by atoms with Crippen LogP contribution in [0, 0.1) is 11.3 Å². The molecule has 0 unspecified atom stereocenters. The molecule has 2 aromatic rings. The van der Waals surface area contributed by atoms with Crippen molar-refractivity contribution in [2.75, 3.05) is 5.73 Å². The summed E-state index contributed by atoms with van der Waals surface area (Å²) in [6, 6.07) is 2.87. The van der Waals surface area contributed by atoms with Crippen LogP contribution in [0.5, 0.6) is 0 Å². The standard InChI is InChI=1S/C12H4Cl4F4N4S/c13-5-1-4(11(17,18)19)2-6(14)8(5)24-10(22)9(7(3-21)23-24)25-12(15,16)20/h1-2H,22H2. The van der Waals surface area contributed by atoms with Crippen molar-refractivity contribution in [2.24, 2.45) is 0 Å². The van der Waals surface area contributed by atoms with Crippen LogP contribution in [-0.4, -0.2) is 13.7 Å². The van der Waals surface area contributed by atoms with Crippen LogP contribution in [0.3, 0.4) is 0 Å². The third kappa shape index (κ3) is 4.38. The van der Waals surface area contributed by atoms with Gasteiger partial charge >= 0.3 is 10.1 Å². The number of hydrogen-bond donors (Lipinski definition) is 1. The van der Waals surface area contributed by atoms with Crippen LogP contribution in [0.25, 0.3) is 5.69 Å². The van der Waals surface area contributed by atoms with Gasteiger partial charge in [0.25, 0.3) is 0 Å². The summed E-state index contributed by atoms with van der Waals surface area (Å²) < 4.78 is 49.8. The summed E-state index contributed by atoms with van der Waals surface area (Å²) in [7, 11) is 0. The minimum absolute atomic E-state index is 0.180. The van der Waals surface area contributed by atoms with E-state index in [4.69, 9.17) is 57.4 Å². The van der Waals surface area contributed by atoms with E-state index in [-0.39, 0.29) is 33.9 Å². The minimum Gasteiger partial charge on any atom is -0.383 e. The molecule has 0 amide bonds. The zero-order valence-electron chi connectivity index (χ0n) is 11.5. The van der Waals surface area contributed by atoms with Gasteiger partial charge in [0, 0.05) is 0 Å². The molecule has 2 rings (SSSR count). The number of nitrogen functional groups attached to an aromatic ring is 1. The van der Waals surface area contributed by atoms with Crippen molar-refractivity contribution < 1.29 is 17.6 Å². The van der Waals surface area contributed by atoms with Crippen molar-refractivity contribution in [3.05, 3.63) is 33.4 Å². The van der Waals surface area contributed by atoms with Gasteiger partial charge in [0.15, 0.2) is 5.69 Å². The van der Waals surface area contributed by atoms with Gasteiger partial charge in [0.1, 0.15) is 17.6 Å². The molecule has 0 aliphatic heterocycles. The normalized spacial score (nSPS) is 12.3. The Morgan fingerprint density at radius 3 is 2.08 bits per heavy atom. The van der Waals surface area contributed by atoms with Crippen molar-refractivity contribution in [3.63, 3.8) is 0 Å². The SMILES string of the molecule is N#Cc1nn(-c2c(Cl)cc(C(F)(F)F)cc2Cl)c(N)c1SC(F)(Cl)Cl. The first-order valence-corrected chi connectivity index (χ1v) is 8.29. The van der Waals surface area contributed by atoms with E-state index in [0.717, 1.165) is 4.68 Å². The number of nitrogens with zero attached hydrogens (tertiary/aromatic N) is 3. The van der Waals surface area contributed by atoms with Crippen molar-refractivity contribution in [1.29, 1.82) is 5.26 Å². The molecular weight excluding hydrogens is 450 g/mol. The van der Waals surface area contributed by atoms with Crippen molar-refractivity contribution >= 4 is 64.0 Å². The number of alkyl halides is 6. The van der Waals surface area contributed by atoms with Gasteiger partial charge in [-0.05, 0) is 23.9 Å². The average Bonchev–Trinajstić information content (AvgIpc) is 2.73. The predicted molar refractivity (Wildman–Crippen MR) is 89.1 cm³/mol. The quantitative estimate of drug-likeness (QED) is 0.362. The van der Waals surface area contributed by atoms with Gasteiger partial charge in [-0.15, -0.1) is 0 Å². The molecule has 0 radical (unpaired) electrons. The first kappa shape index (κ1) is 20.3. The fourth-order valence-electron chi connectivity index (χ4n) is 1.81. The van der Waals surface area contributed by atoms with E-state index in [9.17, 15) is 17.6 Å². The second-order valence-electron chi connectivity index (χ2n) is 4.42. The van der Waals surface area contributed by atoms with Gasteiger partial charge < -0.3 is 5.73 Å².